The normalized spacial score (nSPS) is 29.3. The highest BCUT2D eigenvalue weighted by molar-refractivity contribution is 5.89. The van der Waals surface area contributed by atoms with Crippen molar-refractivity contribution in [3.63, 3.8) is 0 Å². The minimum Gasteiger partial charge on any atom is -0.462 e. The fourth-order valence-corrected chi connectivity index (χ4v) is 5.39. The van der Waals surface area contributed by atoms with Crippen LogP contribution in [0.2, 0.25) is 0 Å². The van der Waals surface area contributed by atoms with Gasteiger partial charge < -0.3 is 4.74 Å². The molecule has 0 saturated heterocycles. The molecule has 1 aromatic rings. The molecule has 2 aliphatic carbocycles. The van der Waals surface area contributed by atoms with E-state index in [1.54, 1.807) is 0 Å². The van der Waals surface area contributed by atoms with Gasteiger partial charge in [-0.05, 0) is 86.8 Å². The van der Waals surface area contributed by atoms with Gasteiger partial charge in [0.05, 0.1) is 12.2 Å². The second-order valence-corrected chi connectivity index (χ2v) is 8.52. The van der Waals surface area contributed by atoms with Crippen LogP contribution in [0.15, 0.2) is 24.3 Å². The van der Waals surface area contributed by atoms with Crippen molar-refractivity contribution in [3.8, 4) is 0 Å². The van der Waals surface area contributed by atoms with Gasteiger partial charge in [-0.15, -0.1) is 0 Å². The Morgan fingerprint density at radius 2 is 1.46 bits per heavy atom. The molecule has 0 N–H and O–H groups in total. The number of benzene rings is 1. The lowest BCUT2D eigenvalue weighted by atomic mass is 9.68. The van der Waals surface area contributed by atoms with Crippen molar-refractivity contribution in [2.24, 2.45) is 17.8 Å². The van der Waals surface area contributed by atoms with E-state index < -0.39 is 0 Å². The molecule has 0 spiro atoms. The standard InChI is InChI=1S/C24H36O2/c1-3-5-18-6-8-19(9-7-18)20-10-12-21(13-11-20)22-14-16-23(17-15-22)24(25)26-4-2/h14-21H,3-13H2,1-2H3/t18-,19-,20?,21?. The summed E-state index contributed by atoms with van der Waals surface area (Å²) < 4.78 is 5.08. The maximum absolute atomic E-state index is 11.8. The Morgan fingerprint density at radius 1 is 0.885 bits per heavy atom. The van der Waals surface area contributed by atoms with Gasteiger partial charge in [0.15, 0.2) is 0 Å². The largest absolute Gasteiger partial charge is 0.462 e. The van der Waals surface area contributed by atoms with Gasteiger partial charge in [-0.25, -0.2) is 4.79 Å². The second-order valence-electron chi connectivity index (χ2n) is 8.52. The minimum absolute atomic E-state index is 0.207. The minimum atomic E-state index is -0.207. The van der Waals surface area contributed by atoms with Crippen molar-refractivity contribution < 1.29 is 9.53 Å². The summed E-state index contributed by atoms with van der Waals surface area (Å²) in [6.45, 7) is 4.61. The first kappa shape index (κ1) is 19.5. The zero-order chi connectivity index (χ0) is 18.4. The van der Waals surface area contributed by atoms with Crippen LogP contribution in [-0.2, 0) is 4.74 Å². The van der Waals surface area contributed by atoms with Crippen LogP contribution in [0, 0.1) is 17.8 Å². The van der Waals surface area contributed by atoms with Crippen LogP contribution in [0.3, 0.4) is 0 Å². The molecule has 0 radical (unpaired) electrons. The Kier molecular flexibility index (Phi) is 7.16. The Morgan fingerprint density at radius 3 is 2.00 bits per heavy atom. The Labute approximate surface area is 159 Å². The lowest BCUT2D eigenvalue weighted by Gasteiger charge is -2.38. The van der Waals surface area contributed by atoms with Gasteiger partial charge in [-0.3, -0.25) is 0 Å². The maximum atomic E-state index is 11.8. The molecule has 144 valence electrons. The lowest BCUT2D eigenvalue weighted by Crippen LogP contribution is -2.25. The van der Waals surface area contributed by atoms with E-state index in [9.17, 15) is 4.79 Å². The van der Waals surface area contributed by atoms with E-state index in [1.807, 2.05) is 19.1 Å². The van der Waals surface area contributed by atoms with Crippen LogP contribution in [0.5, 0.6) is 0 Å². The van der Waals surface area contributed by atoms with Crippen LogP contribution in [0.25, 0.3) is 0 Å². The molecule has 2 saturated carbocycles. The lowest BCUT2D eigenvalue weighted by molar-refractivity contribution is 0.0526. The van der Waals surface area contributed by atoms with E-state index in [0.717, 1.165) is 17.8 Å². The number of carbonyl (C=O) groups is 1. The highest BCUT2D eigenvalue weighted by Gasteiger charge is 2.31. The Balaban J connectivity index is 1.47. The summed E-state index contributed by atoms with van der Waals surface area (Å²) in [7, 11) is 0. The number of hydrogen-bond acceptors (Lipinski definition) is 2. The average molecular weight is 357 g/mol. The molecule has 0 aromatic heterocycles. The molecule has 1 aromatic carbocycles. The Hall–Kier alpha value is -1.31. The molecule has 0 amide bonds. The smallest absolute Gasteiger partial charge is 0.338 e. The van der Waals surface area contributed by atoms with E-state index in [0.29, 0.717) is 18.1 Å². The van der Waals surface area contributed by atoms with E-state index in [-0.39, 0.29) is 5.97 Å². The highest BCUT2D eigenvalue weighted by Crippen LogP contribution is 2.44. The quantitative estimate of drug-likeness (QED) is 0.527. The molecule has 0 heterocycles. The number of esters is 1. The molecule has 0 aliphatic heterocycles. The summed E-state index contributed by atoms with van der Waals surface area (Å²) in [5.74, 6) is 3.45. The van der Waals surface area contributed by atoms with Gasteiger partial charge in [0.2, 0.25) is 0 Å². The summed E-state index contributed by atoms with van der Waals surface area (Å²) in [6.07, 6.45) is 14.2. The van der Waals surface area contributed by atoms with Crippen molar-refractivity contribution in [1.29, 1.82) is 0 Å². The second kappa shape index (κ2) is 9.58. The Bertz CT molecular complexity index is 546. The van der Waals surface area contributed by atoms with Crippen LogP contribution in [0.4, 0.5) is 0 Å². The summed E-state index contributed by atoms with van der Waals surface area (Å²) in [5, 5.41) is 0. The highest BCUT2D eigenvalue weighted by atomic mass is 16.5. The van der Waals surface area contributed by atoms with Gasteiger partial charge in [0, 0.05) is 0 Å². The van der Waals surface area contributed by atoms with Crippen LogP contribution < -0.4 is 0 Å². The molecule has 0 bridgehead atoms. The zero-order valence-electron chi connectivity index (χ0n) is 16.7. The summed E-state index contributed by atoms with van der Waals surface area (Å²) in [6, 6.07) is 8.17. The van der Waals surface area contributed by atoms with Gasteiger partial charge in [-0.2, -0.15) is 0 Å². The molecule has 0 unspecified atom stereocenters. The van der Waals surface area contributed by atoms with Crippen molar-refractivity contribution in [2.45, 2.75) is 84.0 Å². The van der Waals surface area contributed by atoms with E-state index in [1.165, 1.54) is 69.8 Å². The molecule has 2 fully saturated rings. The summed E-state index contributed by atoms with van der Waals surface area (Å²) in [5.41, 5.74) is 2.08. The van der Waals surface area contributed by atoms with Crippen molar-refractivity contribution in [2.75, 3.05) is 6.61 Å². The van der Waals surface area contributed by atoms with Crippen molar-refractivity contribution in [3.05, 3.63) is 35.4 Å². The fraction of sp³-hybridized carbons (Fsp3) is 0.708. The van der Waals surface area contributed by atoms with Gasteiger partial charge in [0.25, 0.3) is 0 Å². The first-order valence-corrected chi connectivity index (χ1v) is 11.0. The molecule has 2 heteroatoms. The van der Waals surface area contributed by atoms with E-state index in [4.69, 9.17) is 4.74 Å². The van der Waals surface area contributed by atoms with E-state index >= 15 is 0 Å². The van der Waals surface area contributed by atoms with Gasteiger partial charge in [-0.1, -0.05) is 44.7 Å². The molecule has 2 nitrogen and oxygen atoms in total. The fourth-order valence-electron chi connectivity index (χ4n) is 5.39. The van der Waals surface area contributed by atoms with E-state index in [2.05, 4.69) is 19.1 Å². The molecule has 2 aliphatic rings. The predicted octanol–water partition coefficient (Wildman–Crippen LogP) is 6.74. The predicted molar refractivity (Wildman–Crippen MR) is 107 cm³/mol. The monoisotopic (exact) mass is 356 g/mol. The number of carbonyl (C=O) groups excluding carboxylic acids is 1. The van der Waals surface area contributed by atoms with Gasteiger partial charge >= 0.3 is 5.97 Å². The van der Waals surface area contributed by atoms with Crippen LogP contribution >= 0.6 is 0 Å². The molecule has 26 heavy (non-hydrogen) atoms. The van der Waals surface area contributed by atoms with Crippen LogP contribution in [-0.4, -0.2) is 12.6 Å². The molecule has 0 atom stereocenters. The van der Waals surface area contributed by atoms with Crippen molar-refractivity contribution in [1.82, 2.24) is 0 Å². The SMILES string of the molecule is CCC[C@H]1CC[C@H](C2CCC(c3ccc(C(=O)OCC)cc3)CC2)CC1. The first-order chi connectivity index (χ1) is 12.7. The third-order valence-electron chi connectivity index (χ3n) is 6.92. The molecular weight excluding hydrogens is 320 g/mol. The van der Waals surface area contributed by atoms with Crippen molar-refractivity contribution >= 4 is 5.97 Å². The topological polar surface area (TPSA) is 26.3 Å². The van der Waals surface area contributed by atoms with Gasteiger partial charge in [0.1, 0.15) is 0 Å². The molecular formula is C24H36O2. The zero-order valence-corrected chi connectivity index (χ0v) is 16.7. The number of hydrogen-bond donors (Lipinski definition) is 0. The molecule has 3 rings (SSSR count). The summed E-state index contributed by atoms with van der Waals surface area (Å²) in [4.78, 5) is 11.8. The number of rotatable bonds is 6. The maximum Gasteiger partial charge on any atom is 0.338 e. The van der Waals surface area contributed by atoms with Crippen LogP contribution in [0.1, 0.15) is 99.9 Å². The summed E-state index contributed by atoms with van der Waals surface area (Å²) >= 11 is 0. The third-order valence-corrected chi connectivity index (χ3v) is 6.92. The average Bonchev–Trinajstić information content (AvgIpc) is 2.69. The number of ether oxygens (including phenoxy) is 1. The third kappa shape index (κ3) is 4.90. The first-order valence-electron chi connectivity index (χ1n) is 11.0.